The maximum atomic E-state index is 10.5. The van der Waals surface area contributed by atoms with E-state index in [-0.39, 0.29) is 0 Å². The fourth-order valence-electron chi connectivity index (χ4n) is 3.85. The molecule has 1 N–H and O–H groups in total. The van der Waals surface area contributed by atoms with E-state index in [1.54, 1.807) is 13.8 Å². The molecule has 0 bridgehead atoms. The largest absolute Gasteiger partial charge is 0.427 e. The molecule has 0 spiro atoms. The molecule has 0 saturated heterocycles. The van der Waals surface area contributed by atoms with Crippen molar-refractivity contribution >= 4 is 66.0 Å². The first-order chi connectivity index (χ1) is 14.3. The van der Waals surface area contributed by atoms with Gasteiger partial charge in [-0.05, 0) is 60.8 Å². The molecule has 5 rings (SSSR count). The summed E-state index contributed by atoms with van der Waals surface area (Å²) < 4.78 is 8.68. The smallest absolute Gasteiger partial charge is 0.331 e. The molecule has 1 aromatic heterocycles. The van der Waals surface area contributed by atoms with E-state index >= 15 is 0 Å². The second kappa shape index (κ2) is 6.81. The molecule has 0 amide bonds. The van der Waals surface area contributed by atoms with E-state index in [2.05, 4.69) is 66.7 Å². The lowest BCUT2D eigenvalue weighted by Gasteiger charge is -2.37. The zero-order chi connectivity index (χ0) is 21.1. The van der Waals surface area contributed by atoms with Crippen LogP contribution in [0.3, 0.4) is 0 Å². The van der Waals surface area contributed by atoms with Gasteiger partial charge in [0.25, 0.3) is 0 Å². The van der Waals surface area contributed by atoms with E-state index in [0.29, 0.717) is 0 Å². The third kappa shape index (κ3) is 3.02. The van der Waals surface area contributed by atoms with E-state index in [4.69, 9.17) is 4.65 Å². The average molecular weight is 411 g/mol. The van der Waals surface area contributed by atoms with E-state index in [1.165, 1.54) is 36.3 Å². The highest BCUT2D eigenvalue weighted by molar-refractivity contribution is 7.27. The van der Waals surface area contributed by atoms with Crippen LogP contribution in [0.25, 0.3) is 41.7 Å². The lowest BCUT2D eigenvalue weighted by atomic mass is 9.79. The first-order valence-corrected chi connectivity index (χ1v) is 11.1. The maximum absolute atomic E-state index is 10.5. The molecule has 0 saturated carbocycles. The Labute approximate surface area is 181 Å². The number of aliphatic hydroxyl groups is 1. The summed E-state index contributed by atoms with van der Waals surface area (Å²) in [5.74, 6) is 0. The summed E-state index contributed by atoms with van der Waals surface area (Å²) in [5, 5.41) is 18.0. The van der Waals surface area contributed by atoms with Crippen molar-refractivity contribution in [2.24, 2.45) is 0 Å². The fraction of sp³-hybridized carbons (Fsp3) is 0.231. The Hall–Kier alpha value is -2.40. The topological polar surface area (TPSA) is 29.5 Å². The highest BCUT2D eigenvalue weighted by Gasteiger charge is 2.36. The summed E-state index contributed by atoms with van der Waals surface area (Å²) in [4.78, 5) is 0. The quantitative estimate of drug-likeness (QED) is 0.358. The monoisotopic (exact) mass is 411 g/mol. The number of fused-ring (bicyclic) bond motifs is 7. The third-order valence-corrected chi connectivity index (χ3v) is 7.54. The van der Waals surface area contributed by atoms with Gasteiger partial charge in [0, 0.05) is 20.2 Å². The molecule has 1 heterocycles. The van der Waals surface area contributed by atoms with Gasteiger partial charge in [0.1, 0.15) is 0 Å². The van der Waals surface area contributed by atoms with E-state index < -0.39 is 11.2 Å². The molecule has 5 aromatic rings. The van der Waals surface area contributed by atoms with Crippen molar-refractivity contribution in [3.63, 3.8) is 0 Å². The Bertz CT molecular complexity index is 1410. The molecule has 0 aliphatic carbocycles. The zero-order valence-corrected chi connectivity index (χ0v) is 18.5. The summed E-state index contributed by atoms with van der Waals surface area (Å²) >= 11 is 1.83. The molecule has 1 radical (unpaired) electrons. The minimum Gasteiger partial charge on any atom is -0.427 e. The van der Waals surface area contributed by atoms with Gasteiger partial charge in [-0.1, -0.05) is 60.7 Å². The number of hydrogen-bond acceptors (Lipinski definition) is 3. The Kier molecular flexibility index (Phi) is 4.44. The van der Waals surface area contributed by atoms with Gasteiger partial charge in [0.15, 0.2) is 0 Å². The van der Waals surface area contributed by atoms with E-state index in [9.17, 15) is 5.11 Å². The van der Waals surface area contributed by atoms with Gasteiger partial charge < -0.3 is 9.76 Å². The summed E-state index contributed by atoms with van der Waals surface area (Å²) in [6.45, 7) is 7.38. The SMILES string of the molecule is CC(C)(O)C(C)(C)O[B]c1cc2sc3c4ccccc4ccc3c2c2ccccc12. The van der Waals surface area contributed by atoms with Crippen molar-refractivity contribution in [1.82, 2.24) is 0 Å². The van der Waals surface area contributed by atoms with Crippen molar-refractivity contribution < 1.29 is 9.76 Å². The van der Waals surface area contributed by atoms with Crippen LogP contribution in [0.2, 0.25) is 0 Å². The molecule has 2 nitrogen and oxygen atoms in total. The number of benzene rings is 4. The van der Waals surface area contributed by atoms with Crippen molar-refractivity contribution in [2.45, 2.75) is 38.9 Å². The Balaban J connectivity index is 1.74. The maximum Gasteiger partial charge on any atom is 0.331 e. The molecular formula is C26H24BO2S. The predicted octanol–water partition coefficient (Wildman–Crippen LogP) is 6.17. The van der Waals surface area contributed by atoms with Crippen LogP contribution in [-0.4, -0.2) is 23.8 Å². The lowest BCUT2D eigenvalue weighted by molar-refractivity contribution is -0.0893. The van der Waals surface area contributed by atoms with Gasteiger partial charge in [-0.25, -0.2) is 0 Å². The second-order valence-corrected chi connectivity index (χ2v) is 10.0. The van der Waals surface area contributed by atoms with Crippen LogP contribution in [-0.2, 0) is 4.65 Å². The molecule has 4 aromatic carbocycles. The van der Waals surface area contributed by atoms with Crippen LogP contribution in [0.15, 0.2) is 66.7 Å². The highest BCUT2D eigenvalue weighted by atomic mass is 32.1. The molecule has 0 unspecified atom stereocenters. The molecule has 0 atom stereocenters. The van der Waals surface area contributed by atoms with Gasteiger partial charge in [-0.15, -0.1) is 11.3 Å². The van der Waals surface area contributed by atoms with E-state index in [0.717, 1.165) is 10.8 Å². The van der Waals surface area contributed by atoms with Gasteiger partial charge >= 0.3 is 7.48 Å². The number of rotatable bonds is 4. The molecule has 149 valence electrons. The molecule has 0 aliphatic heterocycles. The van der Waals surface area contributed by atoms with Crippen LogP contribution < -0.4 is 5.46 Å². The van der Waals surface area contributed by atoms with Crippen LogP contribution >= 0.6 is 11.3 Å². The minimum absolute atomic E-state index is 0.709. The first kappa shape index (κ1) is 19.6. The predicted molar refractivity (Wildman–Crippen MR) is 131 cm³/mol. The van der Waals surface area contributed by atoms with Crippen molar-refractivity contribution in [3.05, 3.63) is 66.7 Å². The van der Waals surface area contributed by atoms with Crippen molar-refractivity contribution in [3.8, 4) is 0 Å². The molecule has 4 heteroatoms. The summed E-state index contributed by atoms with van der Waals surface area (Å²) in [6.07, 6.45) is 0. The molecular weight excluding hydrogens is 387 g/mol. The number of thiophene rings is 1. The first-order valence-electron chi connectivity index (χ1n) is 10.3. The van der Waals surface area contributed by atoms with Crippen LogP contribution in [0.1, 0.15) is 27.7 Å². The number of hydrogen-bond donors (Lipinski definition) is 1. The second-order valence-electron chi connectivity index (χ2n) is 8.95. The summed E-state index contributed by atoms with van der Waals surface area (Å²) in [5.41, 5.74) is -0.634. The molecule has 30 heavy (non-hydrogen) atoms. The van der Waals surface area contributed by atoms with Gasteiger partial charge in [-0.3, -0.25) is 0 Å². The highest BCUT2D eigenvalue weighted by Crippen LogP contribution is 2.41. The third-order valence-electron chi connectivity index (χ3n) is 6.36. The average Bonchev–Trinajstić information content (AvgIpc) is 3.10. The summed E-state index contributed by atoms with van der Waals surface area (Å²) in [6, 6.07) is 23.8. The van der Waals surface area contributed by atoms with Crippen LogP contribution in [0, 0.1) is 0 Å². The van der Waals surface area contributed by atoms with Gasteiger partial charge in [-0.2, -0.15) is 0 Å². The molecule has 0 fully saturated rings. The Morgan fingerprint density at radius 2 is 1.47 bits per heavy atom. The minimum atomic E-state index is -0.958. The Morgan fingerprint density at radius 3 is 2.20 bits per heavy atom. The summed E-state index contributed by atoms with van der Waals surface area (Å²) in [7, 11) is 1.81. The van der Waals surface area contributed by atoms with E-state index in [1.807, 2.05) is 32.7 Å². The van der Waals surface area contributed by atoms with Crippen molar-refractivity contribution in [2.75, 3.05) is 0 Å². The standard InChI is InChI=1S/C26H24BO2S/c1-25(2,28)26(3,4)29-27-21-15-22-23(19-12-8-7-11-18(19)21)20-14-13-16-9-5-6-10-17(16)24(20)30-22/h5-15,28H,1-4H3. The van der Waals surface area contributed by atoms with Crippen LogP contribution in [0.5, 0.6) is 0 Å². The Morgan fingerprint density at radius 1 is 0.800 bits per heavy atom. The van der Waals surface area contributed by atoms with Gasteiger partial charge in [0.05, 0.1) is 11.2 Å². The van der Waals surface area contributed by atoms with Crippen LogP contribution in [0.4, 0.5) is 0 Å². The van der Waals surface area contributed by atoms with Gasteiger partial charge in [0.2, 0.25) is 0 Å². The zero-order valence-electron chi connectivity index (χ0n) is 17.7. The normalized spacial score (nSPS) is 13.0. The lowest BCUT2D eigenvalue weighted by Crippen LogP contribution is -2.49. The fourth-order valence-corrected chi connectivity index (χ4v) is 5.15. The molecule has 0 aliphatic rings. The van der Waals surface area contributed by atoms with Crippen molar-refractivity contribution in [1.29, 1.82) is 0 Å².